The molecule has 498 valence electrons. The second kappa shape index (κ2) is 49.3. The van der Waals surface area contributed by atoms with E-state index in [4.69, 9.17) is 37.9 Å². The molecule has 1 aromatic rings. The van der Waals surface area contributed by atoms with E-state index >= 15 is 0 Å². The Labute approximate surface area is 526 Å². The Morgan fingerprint density at radius 3 is 1.55 bits per heavy atom. The molecule has 1 saturated heterocycles. The first kappa shape index (κ1) is 76.7. The van der Waals surface area contributed by atoms with Crippen LogP contribution in [0.1, 0.15) is 306 Å². The minimum absolute atomic E-state index is 0.0623. The number of carbonyl (C=O) groups excluding carboxylic acids is 6. The van der Waals surface area contributed by atoms with Gasteiger partial charge in [0, 0.05) is 56.4 Å². The van der Waals surface area contributed by atoms with E-state index in [0.29, 0.717) is 75.3 Å². The van der Waals surface area contributed by atoms with Crippen molar-refractivity contribution in [3.63, 3.8) is 0 Å². The number of morpholine rings is 1. The number of nitrogens with zero attached hydrogens (tertiary/aromatic N) is 1. The number of fused-ring (bicyclic) bond motifs is 1. The lowest BCUT2D eigenvalue weighted by Crippen LogP contribution is -2.38. The van der Waals surface area contributed by atoms with Crippen LogP contribution < -0.4 is 9.47 Å². The van der Waals surface area contributed by atoms with Crippen molar-refractivity contribution in [3.05, 3.63) is 33.9 Å². The first-order chi connectivity index (χ1) is 42.3. The third kappa shape index (κ3) is 35.5. The number of esters is 6. The highest BCUT2D eigenvalue weighted by Gasteiger charge is 2.35. The van der Waals surface area contributed by atoms with Crippen LogP contribution in [0.4, 0.5) is 0 Å². The van der Waals surface area contributed by atoms with Crippen molar-refractivity contribution in [2.75, 3.05) is 59.8 Å². The van der Waals surface area contributed by atoms with Crippen LogP contribution >= 0.6 is 0 Å². The lowest BCUT2D eigenvalue weighted by molar-refractivity contribution is -0.167. The minimum Gasteiger partial charge on any atom is -0.496 e. The summed E-state index contributed by atoms with van der Waals surface area (Å²) in [6.45, 7) is 16.0. The fraction of sp³-hybridized carbons (Fsp3) is 0.806. The molecule has 1 fully saturated rings. The summed E-state index contributed by atoms with van der Waals surface area (Å²) in [5.41, 5.74) is 3.19. The van der Waals surface area contributed by atoms with Gasteiger partial charge in [0.15, 0.2) is 11.9 Å². The summed E-state index contributed by atoms with van der Waals surface area (Å²) in [6.07, 6.45) is 40.8. The topological polar surface area (TPSA) is 179 Å². The number of rotatable bonds is 54. The van der Waals surface area contributed by atoms with Crippen LogP contribution in [0.5, 0.6) is 11.5 Å². The van der Waals surface area contributed by atoms with E-state index in [2.05, 4.69) is 18.7 Å². The minimum atomic E-state index is -0.868. The molecule has 0 saturated carbocycles. The van der Waals surface area contributed by atoms with Crippen LogP contribution in [0.15, 0.2) is 11.6 Å². The van der Waals surface area contributed by atoms with Gasteiger partial charge in [0.05, 0.1) is 26.2 Å². The molecule has 0 N–H and O–H groups in total. The number of cyclic esters (lactones) is 1. The number of ether oxygens (including phenoxy) is 8. The number of unbranched alkanes of at least 4 members (excludes halogenated alkanes) is 28. The second-order valence-electron chi connectivity index (χ2n) is 25.3. The number of carbonyl (C=O) groups is 6. The third-order valence-electron chi connectivity index (χ3n) is 17.4. The highest BCUT2D eigenvalue weighted by molar-refractivity contribution is 5.99. The normalized spacial score (nSPS) is 14.2. The standard InChI is InChI=1S/C72H121NO14/c1-8-10-12-14-16-18-20-22-24-26-28-33-37-41-64(74)83-54-61(55-84-65(75)42-38-34-29-27-25-23-21-19-17-15-13-11-9-2)86-67(77)53-58(4)39-35-31-30-32-36-40-59(5)71(78)87-70-62(69(80-7)60(6)63-56-85-72(79)68(63)70)45-43-57(3)44-46-66(76)82-52-49-73-47-50-81-51-48-73/h43,58-59,61H,8-42,44-56H2,1-7H3/b57-43+. The number of hydrogen-bond donors (Lipinski definition) is 0. The number of hydrogen-bond acceptors (Lipinski definition) is 15. The molecule has 2 unspecified atom stereocenters. The van der Waals surface area contributed by atoms with Crippen molar-refractivity contribution in [2.45, 2.75) is 305 Å². The van der Waals surface area contributed by atoms with Crippen LogP contribution in [-0.2, 0) is 65.4 Å². The van der Waals surface area contributed by atoms with E-state index in [9.17, 15) is 28.8 Å². The molecule has 0 aliphatic carbocycles. The third-order valence-corrected chi connectivity index (χ3v) is 17.4. The molecule has 0 bridgehead atoms. The molecule has 0 aromatic heterocycles. The summed E-state index contributed by atoms with van der Waals surface area (Å²) in [5.74, 6) is -1.95. The van der Waals surface area contributed by atoms with Gasteiger partial charge < -0.3 is 37.9 Å². The first-order valence-electron chi connectivity index (χ1n) is 35.0. The maximum atomic E-state index is 13.8. The molecule has 1 aromatic carbocycles. The summed E-state index contributed by atoms with van der Waals surface area (Å²) < 4.78 is 45.4. The summed E-state index contributed by atoms with van der Waals surface area (Å²) in [5, 5.41) is 0. The molecule has 2 heterocycles. The Kier molecular flexibility index (Phi) is 43.5. The van der Waals surface area contributed by atoms with Gasteiger partial charge >= 0.3 is 35.8 Å². The van der Waals surface area contributed by atoms with Crippen LogP contribution in [0.3, 0.4) is 0 Å². The fourth-order valence-electron chi connectivity index (χ4n) is 11.6. The number of methoxy groups -OCH3 is 1. The zero-order chi connectivity index (χ0) is 63.1. The van der Waals surface area contributed by atoms with Crippen LogP contribution in [0.25, 0.3) is 0 Å². The van der Waals surface area contributed by atoms with E-state index in [1.54, 1.807) is 7.11 Å². The van der Waals surface area contributed by atoms with E-state index in [-0.39, 0.29) is 67.8 Å². The van der Waals surface area contributed by atoms with E-state index in [0.717, 1.165) is 101 Å². The van der Waals surface area contributed by atoms with Gasteiger partial charge in [0.1, 0.15) is 37.7 Å². The zero-order valence-corrected chi connectivity index (χ0v) is 55.9. The summed E-state index contributed by atoms with van der Waals surface area (Å²) >= 11 is 0. The van der Waals surface area contributed by atoms with Crippen LogP contribution in [0.2, 0.25) is 0 Å². The Bertz CT molecular complexity index is 2050. The molecule has 87 heavy (non-hydrogen) atoms. The molecular weight excluding hydrogens is 1100 g/mol. The number of allylic oxidation sites excluding steroid dienone is 2. The monoisotopic (exact) mass is 1220 g/mol. The van der Waals surface area contributed by atoms with Crippen LogP contribution in [0, 0.1) is 18.8 Å². The average molecular weight is 1220 g/mol. The van der Waals surface area contributed by atoms with Crippen molar-refractivity contribution < 1.29 is 66.7 Å². The van der Waals surface area contributed by atoms with Crippen LogP contribution in [-0.4, -0.2) is 107 Å². The van der Waals surface area contributed by atoms with Gasteiger partial charge in [-0.3, -0.25) is 28.9 Å². The molecule has 0 spiro atoms. The van der Waals surface area contributed by atoms with Crippen molar-refractivity contribution in [1.82, 2.24) is 4.90 Å². The fourth-order valence-corrected chi connectivity index (χ4v) is 11.6. The van der Waals surface area contributed by atoms with E-state index < -0.39 is 29.9 Å². The van der Waals surface area contributed by atoms with Gasteiger partial charge in [-0.1, -0.05) is 232 Å². The molecule has 0 amide bonds. The maximum Gasteiger partial charge on any atom is 0.342 e. The molecule has 0 radical (unpaired) electrons. The van der Waals surface area contributed by atoms with E-state index in [1.807, 2.05) is 33.8 Å². The lowest BCUT2D eigenvalue weighted by atomic mass is 9.94. The Morgan fingerprint density at radius 1 is 0.575 bits per heavy atom. The molecule has 2 atom stereocenters. The van der Waals surface area contributed by atoms with Gasteiger partial charge in [-0.15, -0.1) is 0 Å². The molecule has 15 heteroatoms. The molecule has 2 aliphatic rings. The molecule has 3 rings (SSSR count). The Hall–Kier alpha value is -4.50. The SMILES string of the molecule is CCCCCCCCCCCCCCCC(=O)OCC(COC(=O)CCCCCCCCCCCCCCC)OC(=O)CC(C)CCCCCCCC(C)C(=O)Oc1c(C/C=C(\C)CCC(=O)OCCN2CCOCC2)c(OC)c(C)c2c1C(=O)OC2. The van der Waals surface area contributed by atoms with Gasteiger partial charge in [-0.05, 0) is 57.4 Å². The largest absolute Gasteiger partial charge is 0.496 e. The van der Waals surface area contributed by atoms with Crippen molar-refractivity contribution in [2.24, 2.45) is 11.8 Å². The quantitative estimate of drug-likeness (QED) is 0.0197. The van der Waals surface area contributed by atoms with Crippen molar-refractivity contribution in [3.8, 4) is 11.5 Å². The highest BCUT2D eigenvalue weighted by atomic mass is 16.6. The average Bonchev–Trinajstić information content (AvgIpc) is 1.76. The maximum absolute atomic E-state index is 13.8. The Balaban J connectivity index is 1.40. The van der Waals surface area contributed by atoms with Gasteiger partial charge in [0.25, 0.3) is 0 Å². The predicted octanol–water partition coefficient (Wildman–Crippen LogP) is 17.1. The smallest absolute Gasteiger partial charge is 0.342 e. The van der Waals surface area contributed by atoms with Gasteiger partial charge in [-0.2, -0.15) is 0 Å². The summed E-state index contributed by atoms with van der Waals surface area (Å²) in [7, 11) is 1.56. The predicted molar refractivity (Wildman–Crippen MR) is 345 cm³/mol. The first-order valence-corrected chi connectivity index (χ1v) is 35.0. The lowest BCUT2D eigenvalue weighted by Gasteiger charge is -2.26. The van der Waals surface area contributed by atoms with Crippen molar-refractivity contribution in [1.29, 1.82) is 0 Å². The van der Waals surface area contributed by atoms with Gasteiger partial charge in [0.2, 0.25) is 0 Å². The Morgan fingerprint density at radius 2 is 1.05 bits per heavy atom. The summed E-state index contributed by atoms with van der Waals surface area (Å²) in [4.78, 5) is 80.6. The molecule has 2 aliphatic heterocycles. The zero-order valence-electron chi connectivity index (χ0n) is 55.9. The van der Waals surface area contributed by atoms with E-state index in [1.165, 1.54) is 128 Å². The molecular formula is C72H121NO14. The second-order valence-corrected chi connectivity index (χ2v) is 25.3. The number of benzene rings is 1. The molecule has 15 nitrogen and oxygen atoms in total. The van der Waals surface area contributed by atoms with Gasteiger partial charge in [-0.25, -0.2) is 4.79 Å². The van der Waals surface area contributed by atoms with Crippen molar-refractivity contribution >= 4 is 35.8 Å². The summed E-state index contributed by atoms with van der Waals surface area (Å²) in [6, 6.07) is 0. The highest BCUT2D eigenvalue weighted by Crippen LogP contribution is 2.43.